The van der Waals surface area contributed by atoms with E-state index >= 15 is 4.39 Å². The van der Waals surface area contributed by atoms with E-state index in [0.29, 0.717) is 53.3 Å². The van der Waals surface area contributed by atoms with Crippen molar-refractivity contribution >= 4 is 34.1 Å². The van der Waals surface area contributed by atoms with Gasteiger partial charge >= 0.3 is 0 Å². The number of aromatic nitrogens is 1. The highest BCUT2D eigenvalue weighted by Crippen LogP contribution is 2.47. The van der Waals surface area contributed by atoms with Crippen molar-refractivity contribution in [1.82, 2.24) is 4.98 Å². The maximum Gasteiger partial charge on any atom is 0.240 e. The van der Waals surface area contributed by atoms with Gasteiger partial charge in [-0.15, -0.1) is 0 Å². The van der Waals surface area contributed by atoms with Crippen LogP contribution in [0.2, 0.25) is 0 Å². The highest BCUT2D eigenvalue weighted by molar-refractivity contribution is 6.16. The number of anilines is 2. The number of methoxy groups -OCH3 is 1. The molecule has 39 heavy (non-hydrogen) atoms. The van der Waals surface area contributed by atoms with Crippen molar-refractivity contribution in [2.45, 2.75) is 19.8 Å². The Hall–Kier alpha value is -4.73. The van der Waals surface area contributed by atoms with Crippen LogP contribution in [0.3, 0.4) is 0 Å². The molecule has 4 aromatic rings. The SMILES string of the molecule is CCOc1cc2nccc(Oc3ccc(NC(=O)C4(C(=O)Nc5ccc(F)cc5)CC4)cc3F)c2cc1OC. The molecule has 3 aromatic carbocycles. The molecular formula is C29H25F2N3O5. The van der Waals surface area contributed by atoms with Gasteiger partial charge in [0.05, 0.1) is 19.2 Å². The summed E-state index contributed by atoms with van der Waals surface area (Å²) in [6, 6.07) is 14.3. The summed E-state index contributed by atoms with van der Waals surface area (Å²) in [4.78, 5) is 30.0. The van der Waals surface area contributed by atoms with Crippen LogP contribution in [0.5, 0.6) is 23.0 Å². The van der Waals surface area contributed by atoms with E-state index in [0.717, 1.165) is 6.07 Å². The molecule has 1 aliphatic rings. The van der Waals surface area contributed by atoms with E-state index in [4.69, 9.17) is 14.2 Å². The minimum atomic E-state index is -1.27. The number of pyridine rings is 1. The Morgan fingerprint density at radius 1 is 0.872 bits per heavy atom. The molecule has 0 radical (unpaired) electrons. The summed E-state index contributed by atoms with van der Waals surface area (Å²) in [5.41, 5.74) is -0.138. The number of carbonyl (C=O) groups is 2. The van der Waals surface area contributed by atoms with Crippen molar-refractivity contribution in [2.75, 3.05) is 24.4 Å². The molecule has 0 aliphatic heterocycles. The van der Waals surface area contributed by atoms with Gasteiger partial charge in [-0.25, -0.2) is 8.78 Å². The van der Waals surface area contributed by atoms with E-state index in [-0.39, 0.29) is 11.4 Å². The molecule has 1 aliphatic carbocycles. The summed E-state index contributed by atoms with van der Waals surface area (Å²) >= 11 is 0. The van der Waals surface area contributed by atoms with E-state index in [9.17, 15) is 14.0 Å². The fraction of sp³-hybridized carbons (Fsp3) is 0.207. The Labute approximate surface area is 222 Å². The largest absolute Gasteiger partial charge is 0.493 e. The maximum atomic E-state index is 15.0. The highest BCUT2D eigenvalue weighted by Gasteiger charge is 2.56. The summed E-state index contributed by atoms with van der Waals surface area (Å²) in [5.74, 6) is -0.895. The third-order valence-corrected chi connectivity index (χ3v) is 6.42. The first-order valence-electron chi connectivity index (χ1n) is 12.3. The van der Waals surface area contributed by atoms with Gasteiger partial charge in [0.2, 0.25) is 11.8 Å². The molecular weight excluding hydrogens is 508 g/mol. The number of halogens is 2. The third kappa shape index (κ3) is 5.31. The minimum absolute atomic E-state index is 0.0662. The van der Waals surface area contributed by atoms with E-state index in [2.05, 4.69) is 15.6 Å². The molecule has 5 rings (SSSR count). The van der Waals surface area contributed by atoms with Gasteiger partial charge < -0.3 is 24.8 Å². The summed E-state index contributed by atoms with van der Waals surface area (Å²) in [6.45, 7) is 2.31. The third-order valence-electron chi connectivity index (χ3n) is 6.42. The van der Waals surface area contributed by atoms with Crippen LogP contribution in [-0.2, 0) is 9.59 Å². The van der Waals surface area contributed by atoms with Crippen molar-refractivity contribution in [2.24, 2.45) is 5.41 Å². The number of nitrogens with zero attached hydrogens (tertiary/aromatic N) is 1. The fourth-order valence-corrected chi connectivity index (χ4v) is 4.14. The van der Waals surface area contributed by atoms with Crippen molar-refractivity contribution in [3.63, 3.8) is 0 Å². The van der Waals surface area contributed by atoms with Gasteiger partial charge in [0.15, 0.2) is 23.1 Å². The zero-order chi connectivity index (χ0) is 27.6. The molecule has 0 unspecified atom stereocenters. The smallest absolute Gasteiger partial charge is 0.240 e. The maximum absolute atomic E-state index is 15.0. The summed E-state index contributed by atoms with van der Waals surface area (Å²) in [6.07, 6.45) is 2.23. The second-order valence-electron chi connectivity index (χ2n) is 9.01. The quantitative estimate of drug-likeness (QED) is 0.254. The summed E-state index contributed by atoms with van der Waals surface area (Å²) < 4.78 is 45.0. The van der Waals surface area contributed by atoms with E-state index in [1.54, 1.807) is 24.4 Å². The lowest BCUT2D eigenvalue weighted by atomic mass is 10.0. The molecule has 2 amide bonds. The Morgan fingerprint density at radius 2 is 1.56 bits per heavy atom. The summed E-state index contributed by atoms with van der Waals surface area (Å²) in [7, 11) is 1.52. The molecule has 1 heterocycles. The number of hydrogen-bond donors (Lipinski definition) is 2. The van der Waals surface area contributed by atoms with E-state index in [1.807, 2.05) is 6.92 Å². The van der Waals surface area contributed by atoms with Gasteiger partial charge in [-0.05, 0) is 68.3 Å². The molecule has 1 aromatic heterocycles. The van der Waals surface area contributed by atoms with E-state index < -0.39 is 28.9 Å². The van der Waals surface area contributed by atoms with Crippen LogP contribution in [0.1, 0.15) is 19.8 Å². The number of ether oxygens (including phenoxy) is 3. The van der Waals surface area contributed by atoms with Crippen LogP contribution < -0.4 is 24.8 Å². The molecule has 8 nitrogen and oxygen atoms in total. The molecule has 1 fully saturated rings. The van der Waals surface area contributed by atoms with Crippen LogP contribution in [0.4, 0.5) is 20.2 Å². The Morgan fingerprint density at radius 3 is 2.21 bits per heavy atom. The van der Waals surface area contributed by atoms with Gasteiger partial charge in [-0.3, -0.25) is 14.6 Å². The molecule has 10 heteroatoms. The molecule has 200 valence electrons. The monoisotopic (exact) mass is 533 g/mol. The van der Waals surface area contributed by atoms with Gasteiger partial charge in [0.25, 0.3) is 0 Å². The van der Waals surface area contributed by atoms with E-state index in [1.165, 1.54) is 43.5 Å². The summed E-state index contributed by atoms with van der Waals surface area (Å²) in [5, 5.41) is 5.85. The molecule has 2 N–H and O–H groups in total. The van der Waals surface area contributed by atoms with Gasteiger partial charge in [-0.1, -0.05) is 0 Å². The average Bonchev–Trinajstić information content (AvgIpc) is 3.74. The Balaban J connectivity index is 1.31. The minimum Gasteiger partial charge on any atom is -0.493 e. The first-order chi connectivity index (χ1) is 18.8. The van der Waals surface area contributed by atoms with Crippen LogP contribution >= 0.6 is 0 Å². The predicted octanol–water partition coefficient (Wildman–Crippen LogP) is 6.07. The number of carbonyl (C=O) groups excluding carboxylic acids is 2. The zero-order valence-electron chi connectivity index (χ0n) is 21.2. The number of hydrogen-bond acceptors (Lipinski definition) is 6. The van der Waals surface area contributed by atoms with Crippen molar-refractivity contribution in [1.29, 1.82) is 0 Å². The van der Waals surface area contributed by atoms with Gasteiger partial charge in [0, 0.05) is 35.1 Å². The number of benzene rings is 3. The lowest BCUT2D eigenvalue weighted by Gasteiger charge is -2.16. The number of amides is 2. The molecule has 1 saturated carbocycles. The van der Waals surface area contributed by atoms with Gasteiger partial charge in [-0.2, -0.15) is 0 Å². The Bertz CT molecular complexity index is 1560. The lowest BCUT2D eigenvalue weighted by molar-refractivity contribution is -0.131. The molecule has 0 bridgehead atoms. The fourth-order valence-electron chi connectivity index (χ4n) is 4.14. The Kier molecular flexibility index (Phi) is 7.02. The lowest BCUT2D eigenvalue weighted by Crippen LogP contribution is -2.35. The van der Waals surface area contributed by atoms with Crippen molar-refractivity contribution in [3.8, 4) is 23.0 Å². The standard InChI is InChI=1S/C29H25F2N3O5/c1-3-38-26-16-22-20(15-25(26)37-2)23(10-13-32-22)39-24-9-8-19(14-21(24)31)34-28(36)29(11-12-29)27(35)33-18-6-4-17(30)5-7-18/h4-10,13-16H,3,11-12H2,1-2H3,(H,33,35)(H,34,36). The number of nitrogens with one attached hydrogen (secondary N) is 2. The van der Waals surface area contributed by atoms with Crippen LogP contribution in [0.25, 0.3) is 10.9 Å². The van der Waals surface area contributed by atoms with Crippen molar-refractivity contribution < 1.29 is 32.6 Å². The molecule has 0 spiro atoms. The van der Waals surface area contributed by atoms with Crippen LogP contribution in [-0.4, -0.2) is 30.5 Å². The van der Waals surface area contributed by atoms with Crippen LogP contribution in [0, 0.1) is 17.0 Å². The van der Waals surface area contributed by atoms with Crippen LogP contribution in [0.15, 0.2) is 66.9 Å². The van der Waals surface area contributed by atoms with Crippen molar-refractivity contribution in [3.05, 3.63) is 78.5 Å². The zero-order valence-corrected chi connectivity index (χ0v) is 21.2. The topological polar surface area (TPSA) is 98.8 Å². The molecule has 0 atom stereocenters. The normalized spacial score (nSPS) is 13.4. The second-order valence-corrected chi connectivity index (χ2v) is 9.01. The second kappa shape index (κ2) is 10.6. The number of rotatable bonds is 9. The average molecular weight is 534 g/mol. The first-order valence-corrected chi connectivity index (χ1v) is 12.3. The first kappa shape index (κ1) is 25.9. The van der Waals surface area contributed by atoms with Gasteiger partial charge in [0.1, 0.15) is 17.0 Å². The molecule has 0 saturated heterocycles. The highest BCUT2D eigenvalue weighted by atomic mass is 19.1. The number of fused-ring (bicyclic) bond motifs is 1. The predicted molar refractivity (Wildman–Crippen MR) is 141 cm³/mol.